The summed E-state index contributed by atoms with van der Waals surface area (Å²) in [5.74, 6) is 0. The molecule has 1 heterocycles. The van der Waals surface area contributed by atoms with Gasteiger partial charge < -0.3 is 4.74 Å². The topological polar surface area (TPSA) is 83.3 Å². The molecule has 1 rings (SSSR count). The summed E-state index contributed by atoms with van der Waals surface area (Å²) >= 11 is 0. The average molecular weight is 283 g/mol. The first-order valence-electron chi connectivity index (χ1n) is 5.82. The molecule has 7 heteroatoms. The Balaban J connectivity index is 2.76. The molecule has 19 heavy (non-hydrogen) atoms. The number of rotatable bonds is 6. The van der Waals surface area contributed by atoms with Crippen LogP contribution in [0.4, 0.5) is 0 Å². The molecule has 0 saturated carbocycles. The van der Waals surface area contributed by atoms with E-state index >= 15 is 0 Å². The summed E-state index contributed by atoms with van der Waals surface area (Å²) in [6.45, 7) is 4.37. The maximum atomic E-state index is 12.2. The average Bonchev–Trinajstić information content (AvgIpc) is 2.38. The minimum atomic E-state index is -3.58. The third-order valence-electron chi connectivity index (χ3n) is 2.42. The van der Waals surface area contributed by atoms with Gasteiger partial charge >= 0.3 is 0 Å². The molecule has 0 spiro atoms. The van der Waals surface area contributed by atoms with Crippen LogP contribution >= 0.6 is 0 Å². The van der Waals surface area contributed by atoms with Gasteiger partial charge in [-0.1, -0.05) is 0 Å². The molecule has 0 atom stereocenters. The van der Waals surface area contributed by atoms with Crippen molar-refractivity contribution in [2.24, 2.45) is 0 Å². The van der Waals surface area contributed by atoms with E-state index in [4.69, 9.17) is 10.00 Å². The van der Waals surface area contributed by atoms with E-state index in [2.05, 4.69) is 4.98 Å². The Hall–Kier alpha value is -1.49. The first kappa shape index (κ1) is 15.6. The summed E-state index contributed by atoms with van der Waals surface area (Å²) in [6.07, 6.45) is 1.25. The summed E-state index contributed by atoms with van der Waals surface area (Å²) in [5.41, 5.74) is 0.185. The maximum absolute atomic E-state index is 12.2. The third-order valence-corrected chi connectivity index (χ3v) is 4.26. The highest BCUT2D eigenvalue weighted by Crippen LogP contribution is 2.13. The second-order valence-electron chi connectivity index (χ2n) is 4.24. The summed E-state index contributed by atoms with van der Waals surface area (Å²) in [4.78, 5) is 3.82. The quantitative estimate of drug-likeness (QED) is 0.777. The van der Waals surface area contributed by atoms with E-state index in [-0.39, 0.29) is 23.2 Å². The number of nitrogens with zero attached hydrogens (tertiary/aromatic N) is 3. The summed E-state index contributed by atoms with van der Waals surface area (Å²) in [5, 5.41) is 8.62. The van der Waals surface area contributed by atoms with Crippen molar-refractivity contribution >= 4 is 10.0 Å². The van der Waals surface area contributed by atoms with Crippen molar-refractivity contribution in [2.45, 2.75) is 24.8 Å². The lowest BCUT2D eigenvalue weighted by atomic mass is 10.4. The van der Waals surface area contributed by atoms with E-state index in [9.17, 15) is 8.42 Å². The van der Waals surface area contributed by atoms with E-state index < -0.39 is 10.0 Å². The molecule has 0 unspecified atom stereocenters. The first-order valence-corrected chi connectivity index (χ1v) is 7.26. The lowest BCUT2D eigenvalue weighted by Crippen LogP contribution is -2.31. The zero-order valence-corrected chi connectivity index (χ0v) is 12.0. The Labute approximate surface area is 113 Å². The van der Waals surface area contributed by atoms with Crippen molar-refractivity contribution < 1.29 is 13.2 Å². The van der Waals surface area contributed by atoms with Crippen LogP contribution in [0.5, 0.6) is 0 Å². The van der Waals surface area contributed by atoms with Crippen LogP contribution < -0.4 is 0 Å². The number of sulfonamides is 1. The molecule has 1 aromatic rings. The van der Waals surface area contributed by atoms with Crippen LogP contribution in [0, 0.1) is 11.3 Å². The van der Waals surface area contributed by atoms with Crippen LogP contribution in [0.2, 0.25) is 0 Å². The number of aromatic nitrogens is 1. The highest BCUT2D eigenvalue weighted by molar-refractivity contribution is 7.89. The molecule has 0 N–H and O–H groups in total. The highest BCUT2D eigenvalue weighted by Gasteiger charge is 2.20. The van der Waals surface area contributed by atoms with Gasteiger partial charge in [-0.05, 0) is 26.0 Å². The molecule has 0 saturated heterocycles. The molecular weight excluding hydrogens is 266 g/mol. The van der Waals surface area contributed by atoms with Gasteiger partial charge in [0.25, 0.3) is 0 Å². The number of hydrogen-bond donors (Lipinski definition) is 0. The van der Waals surface area contributed by atoms with Gasteiger partial charge in [-0.15, -0.1) is 0 Å². The number of ether oxygens (including phenoxy) is 1. The van der Waals surface area contributed by atoms with E-state index in [1.54, 1.807) is 0 Å². The zero-order valence-electron chi connectivity index (χ0n) is 11.2. The molecule has 0 aromatic carbocycles. The molecule has 0 bridgehead atoms. The molecular formula is C12H17N3O3S. The van der Waals surface area contributed by atoms with Crippen LogP contribution in [-0.2, 0) is 14.8 Å². The van der Waals surface area contributed by atoms with Crippen LogP contribution in [0.3, 0.4) is 0 Å². The fourth-order valence-electron chi connectivity index (χ4n) is 1.32. The van der Waals surface area contributed by atoms with Crippen LogP contribution in [0.15, 0.2) is 23.2 Å². The summed E-state index contributed by atoms with van der Waals surface area (Å²) in [6, 6.07) is 4.60. The van der Waals surface area contributed by atoms with Gasteiger partial charge in [0.1, 0.15) is 16.7 Å². The second kappa shape index (κ2) is 6.61. The van der Waals surface area contributed by atoms with Crippen molar-refractivity contribution in [3.05, 3.63) is 24.0 Å². The van der Waals surface area contributed by atoms with Crippen molar-refractivity contribution in [1.29, 1.82) is 5.26 Å². The highest BCUT2D eigenvalue weighted by atomic mass is 32.2. The lowest BCUT2D eigenvalue weighted by Gasteiger charge is -2.17. The normalized spacial score (nSPS) is 11.8. The van der Waals surface area contributed by atoms with Crippen molar-refractivity contribution in [2.75, 3.05) is 20.2 Å². The molecule has 0 aliphatic rings. The second-order valence-corrected chi connectivity index (χ2v) is 6.28. The van der Waals surface area contributed by atoms with Gasteiger partial charge in [0, 0.05) is 19.8 Å². The van der Waals surface area contributed by atoms with Crippen LogP contribution in [0.25, 0.3) is 0 Å². The molecule has 0 fully saturated rings. The van der Waals surface area contributed by atoms with E-state index in [0.717, 1.165) is 0 Å². The molecule has 0 radical (unpaired) electrons. The van der Waals surface area contributed by atoms with E-state index in [1.165, 1.54) is 29.7 Å². The van der Waals surface area contributed by atoms with Crippen molar-refractivity contribution in [3.8, 4) is 6.07 Å². The summed E-state index contributed by atoms with van der Waals surface area (Å²) in [7, 11) is -2.10. The maximum Gasteiger partial charge on any atom is 0.244 e. The van der Waals surface area contributed by atoms with Crippen molar-refractivity contribution in [1.82, 2.24) is 9.29 Å². The smallest absolute Gasteiger partial charge is 0.244 e. The lowest BCUT2D eigenvalue weighted by molar-refractivity contribution is 0.0737. The minimum absolute atomic E-state index is 0.0627. The largest absolute Gasteiger partial charge is 0.377 e. The Morgan fingerprint density at radius 2 is 2.16 bits per heavy atom. The zero-order chi connectivity index (χ0) is 14.5. The van der Waals surface area contributed by atoms with Crippen molar-refractivity contribution in [3.63, 3.8) is 0 Å². The summed E-state index contributed by atoms with van der Waals surface area (Å²) < 4.78 is 30.8. The number of pyridine rings is 1. The number of hydrogen-bond acceptors (Lipinski definition) is 5. The minimum Gasteiger partial charge on any atom is -0.377 e. The third kappa shape index (κ3) is 4.28. The standard InChI is InChI=1S/C12H17N3O3S/c1-10(2)18-7-6-15(3)19(16,17)12-5-4-11(8-13)14-9-12/h4-5,9-10H,6-7H2,1-3H3. The Bertz CT molecular complexity index is 547. The molecule has 6 nitrogen and oxygen atoms in total. The van der Waals surface area contributed by atoms with Gasteiger partial charge in [-0.25, -0.2) is 13.4 Å². The SMILES string of the molecule is CC(C)OCCN(C)S(=O)(=O)c1ccc(C#N)nc1. The van der Waals surface area contributed by atoms with E-state index in [1.807, 2.05) is 19.9 Å². The molecule has 0 aliphatic carbocycles. The molecule has 1 aromatic heterocycles. The molecule has 104 valence electrons. The number of nitriles is 1. The Morgan fingerprint density at radius 1 is 1.47 bits per heavy atom. The van der Waals surface area contributed by atoms with Gasteiger partial charge in [0.2, 0.25) is 10.0 Å². The van der Waals surface area contributed by atoms with Gasteiger partial charge in [-0.2, -0.15) is 9.57 Å². The molecule has 0 aliphatic heterocycles. The fraction of sp³-hybridized carbons (Fsp3) is 0.500. The van der Waals surface area contributed by atoms with Gasteiger partial charge in [-0.3, -0.25) is 0 Å². The van der Waals surface area contributed by atoms with E-state index in [0.29, 0.717) is 6.61 Å². The van der Waals surface area contributed by atoms with Gasteiger partial charge in [0.15, 0.2) is 0 Å². The Morgan fingerprint density at radius 3 is 2.63 bits per heavy atom. The predicted molar refractivity (Wildman–Crippen MR) is 69.9 cm³/mol. The van der Waals surface area contributed by atoms with Crippen LogP contribution in [0.1, 0.15) is 19.5 Å². The first-order chi connectivity index (χ1) is 8.87. The Kier molecular flexibility index (Phi) is 5.42. The number of likely N-dealkylation sites (N-methyl/N-ethyl adjacent to an activating group) is 1. The van der Waals surface area contributed by atoms with Gasteiger partial charge in [0.05, 0.1) is 12.7 Å². The predicted octanol–water partition coefficient (Wildman–Crippen LogP) is 0.999. The van der Waals surface area contributed by atoms with Crippen LogP contribution in [-0.4, -0.2) is 44.0 Å². The molecule has 0 amide bonds. The fourth-order valence-corrected chi connectivity index (χ4v) is 2.42. The monoisotopic (exact) mass is 283 g/mol.